The lowest BCUT2D eigenvalue weighted by Crippen LogP contribution is -2.31. The normalized spacial score (nSPS) is 32.5. The summed E-state index contributed by atoms with van der Waals surface area (Å²) in [6.07, 6.45) is 4.25. The molecule has 1 saturated heterocycles. The van der Waals surface area contributed by atoms with Crippen molar-refractivity contribution < 1.29 is 4.74 Å². The largest absolute Gasteiger partial charge is 0.489 e. The Labute approximate surface area is 93.8 Å². The first kappa shape index (κ1) is 9.43. The summed E-state index contributed by atoms with van der Waals surface area (Å²) in [5, 5.41) is 3.97. The number of fused-ring (bicyclic) bond motifs is 1. The van der Waals surface area contributed by atoms with Gasteiger partial charge in [0.25, 0.3) is 0 Å². The Morgan fingerprint density at radius 3 is 3.20 bits per heavy atom. The van der Waals surface area contributed by atoms with Gasteiger partial charge in [-0.25, -0.2) is 4.98 Å². The number of pyridine rings is 1. The fourth-order valence-electron chi connectivity index (χ4n) is 2.23. The van der Waals surface area contributed by atoms with Crippen LogP contribution in [0.4, 0.5) is 0 Å². The highest BCUT2D eigenvalue weighted by atomic mass is 35.5. The van der Waals surface area contributed by atoms with Crippen LogP contribution in [-0.2, 0) is 0 Å². The molecular formula is C11H13ClN2O. The van der Waals surface area contributed by atoms with Crippen LogP contribution in [-0.4, -0.2) is 23.7 Å². The highest BCUT2D eigenvalue weighted by molar-refractivity contribution is 6.30. The van der Waals surface area contributed by atoms with E-state index in [-0.39, 0.29) is 0 Å². The molecule has 15 heavy (non-hydrogen) atoms. The third kappa shape index (κ3) is 1.94. The van der Waals surface area contributed by atoms with E-state index < -0.39 is 0 Å². The van der Waals surface area contributed by atoms with Crippen LogP contribution in [0.15, 0.2) is 18.3 Å². The van der Waals surface area contributed by atoms with Gasteiger partial charge in [0.1, 0.15) is 6.61 Å². The van der Waals surface area contributed by atoms with Gasteiger partial charge in [-0.3, -0.25) is 0 Å². The summed E-state index contributed by atoms with van der Waals surface area (Å²) in [7, 11) is 0. The number of halogens is 1. The zero-order chi connectivity index (χ0) is 10.3. The number of nitrogens with one attached hydrogen (secondary N) is 1. The summed E-state index contributed by atoms with van der Waals surface area (Å²) in [5.74, 6) is 1.59. The summed E-state index contributed by atoms with van der Waals surface area (Å²) in [6, 6.07) is 4.94. The molecule has 1 N–H and O–H groups in total. The van der Waals surface area contributed by atoms with E-state index in [1.165, 1.54) is 12.8 Å². The van der Waals surface area contributed by atoms with Crippen molar-refractivity contribution >= 4 is 11.6 Å². The SMILES string of the molecule is Clc1ncccc1OCC1CC2CC2N1. The van der Waals surface area contributed by atoms with Crippen molar-refractivity contribution in [3.8, 4) is 5.75 Å². The van der Waals surface area contributed by atoms with Gasteiger partial charge in [-0.15, -0.1) is 0 Å². The molecule has 2 heterocycles. The van der Waals surface area contributed by atoms with Crippen LogP contribution in [0.2, 0.25) is 5.15 Å². The second-order valence-corrected chi connectivity index (χ2v) is 4.66. The minimum Gasteiger partial charge on any atom is -0.489 e. The first-order valence-corrected chi connectivity index (χ1v) is 5.70. The predicted octanol–water partition coefficient (Wildman–Crippen LogP) is 1.86. The van der Waals surface area contributed by atoms with Crippen LogP contribution in [0.25, 0.3) is 0 Å². The molecule has 1 saturated carbocycles. The average molecular weight is 225 g/mol. The van der Waals surface area contributed by atoms with Gasteiger partial charge in [0.05, 0.1) is 0 Å². The highest BCUT2D eigenvalue weighted by Crippen LogP contribution is 2.40. The molecule has 80 valence electrons. The van der Waals surface area contributed by atoms with Crippen molar-refractivity contribution in [2.75, 3.05) is 6.61 Å². The van der Waals surface area contributed by atoms with E-state index in [9.17, 15) is 0 Å². The molecule has 1 aliphatic carbocycles. The topological polar surface area (TPSA) is 34.1 Å². The lowest BCUT2D eigenvalue weighted by atomic mass is 10.2. The van der Waals surface area contributed by atoms with Crippen molar-refractivity contribution in [1.82, 2.24) is 10.3 Å². The summed E-state index contributed by atoms with van der Waals surface area (Å²) in [5.41, 5.74) is 0. The lowest BCUT2D eigenvalue weighted by molar-refractivity contribution is 0.267. The molecule has 4 heteroatoms. The van der Waals surface area contributed by atoms with Gasteiger partial charge < -0.3 is 10.1 Å². The van der Waals surface area contributed by atoms with Gasteiger partial charge in [0.2, 0.25) is 0 Å². The number of rotatable bonds is 3. The Kier molecular flexibility index (Phi) is 2.29. The quantitative estimate of drug-likeness (QED) is 0.796. The number of hydrogen-bond acceptors (Lipinski definition) is 3. The number of ether oxygens (including phenoxy) is 1. The number of hydrogen-bond donors (Lipinski definition) is 1. The van der Waals surface area contributed by atoms with E-state index in [4.69, 9.17) is 16.3 Å². The molecule has 0 bridgehead atoms. The van der Waals surface area contributed by atoms with Crippen molar-refractivity contribution in [2.24, 2.45) is 5.92 Å². The molecular weight excluding hydrogens is 212 g/mol. The molecule has 3 nitrogen and oxygen atoms in total. The minimum atomic E-state index is 0.445. The Balaban J connectivity index is 1.55. The molecule has 1 aromatic rings. The Morgan fingerprint density at radius 1 is 1.53 bits per heavy atom. The van der Waals surface area contributed by atoms with Gasteiger partial charge in [-0.05, 0) is 30.9 Å². The molecule has 3 rings (SSSR count). The monoisotopic (exact) mass is 224 g/mol. The van der Waals surface area contributed by atoms with E-state index in [0.717, 1.165) is 12.0 Å². The maximum atomic E-state index is 5.89. The van der Waals surface area contributed by atoms with Gasteiger partial charge in [0.15, 0.2) is 10.9 Å². The second-order valence-electron chi connectivity index (χ2n) is 4.30. The molecule has 0 radical (unpaired) electrons. The Morgan fingerprint density at radius 2 is 2.47 bits per heavy atom. The van der Waals surface area contributed by atoms with Crippen LogP contribution in [0.3, 0.4) is 0 Å². The van der Waals surface area contributed by atoms with E-state index in [2.05, 4.69) is 10.3 Å². The van der Waals surface area contributed by atoms with E-state index in [1.807, 2.05) is 12.1 Å². The maximum absolute atomic E-state index is 5.89. The van der Waals surface area contributed by atoms with Crippen molar-refractivity contribution in [1.29, 1.82) is 0 Å². The zero-order valence-corrected chi connectivity index (χ0v) is 9.07. The van der Waals surface area contributed by atoms with Crippen molar-refractivity contribution in [3.05, 3.63) is 23.5 Å². The molecule has 2 fully saturated rings. The fourth-order valence-corrected chi connectivity index (χ4v) is 2.41. The highest BCUT2D eigenvalue weighted by Gasteiger charge is 2.45. The van der Waals surface area contributed by atoms with Crippen LogP contribution < -0.4 is 10.1 Å². The molecule has 3 unspecified atom stereocenters. The van der Waals surface area contributed by atoms with Gasteiger partial charge in [0, 0.05) is 18.3 Å². The molecule has 3 atom stereocenters. The standard InChI is InChI=1S/C11H13ClN2O/c12-11-10(2-1-3-13-11)15-6-8-4-7-5-9(7)14-8/h1-3,7-9,14H,4-6H2. The molecule has 1 aliphatic heterocycles. The first-order chi connectivity index (χ1) is 7.33. The average Bonchev–Trinajstić information content (AvgIpc) is 2.85. The maximum Gasteiger partial charge on any atom is 0.171 e. The number of nitrogens with zero attached hydrogens (tertiary/aromatic N) is 1. The third-order valence-corrected chi connectivity index (χ3v) is 3.41. The van der Waals surface area contributed by atoms with Crippen molar-refractivity contribution in [2.45, 2.75) is 24.9 Å². The van der Waals surface area contributed by atoms with Crippen LogP contribution in [0.5, 0.6) is 5.75 Å². The van der Waals surface area contributed by atoms with Crippen LogP contribution in [0, 0.1) is 5.92 Å². The summed E-state index contributed by atoms with van der Waals surface area (Å²) < 4.78 is 5.63. The smallest absolute Gasteiger partial charge is 0.171 e. The third-order valence-electron chi connectivity index (χ3n) is 3.12. The van der Waals surface area contributed by atoms with Crippen LogP contribution >= 0.6 is 11.6 Å². The first-order valence-electron chi connectivity index (χ1n) is 5.32. The number of aromatic nitrogens is 1. The summed E-state index contributed by atoms with van der Waals surface area (Å²) >= 11 is 5.89. The summed E-state index contributed by atoms with van der Waals surface area (Å²) in [6.45, 7) is 0.693. The van der Waals surface area contributed by atoms with Gasteiger partial charge >= 0.3 is 0 Å². The predicted molar refractivity (Wildman–Crippen MR) is 58.2 cm³/mol. The van der Waals surface area contributed by atoms with Gasteiger partial charge in [-0.1, -0.05) is 11.6 Å². The van der Waals surface area contributed by atoms with E-state index in [0.29, 0.717) is 23.6 Å². The molecule has 0 aromatic carbocycles. The molecule has 0 spiro atoms. The van der Waals surface area contributed by atoms with Crippen molar-refractivity contribution in [3.63, 3.8) is 0 Å². The zero-order valence-electron chi connectivity index (χ0n) is 8.32. The second kappa shape index (κ2) is 3.65. The molecule has 0 amide bonds. The lowest BCUT2D eigenvalue weighted by Gasteiger charge is -2.14. The number of piperidine rings is 1. The van der Waals surface area contributed by atoms with Crippen LogP contribution in [0.1, 0.15) is 12.8 Å². The Bertz CT molecular complexity index is 361. The van der Waals surface area contributed by atoms with E-state index in [1.54, 1.807) is 6.20 Å². The van der Waals surface area contributed by atoms with E-state index >= 15 is 0 Å². The fraction of sp³-hybridized carbons (Fsp3) is 0.545. The molecule has 2 aliphatic rings. The molecule has 1 aromatic heterocycles. The Hall–Kier alpha value is -0.800. The summed E-state index contributed by atoms with van der Waals surface area (Å²) in [4.78, 5) is 3.97. The van der Waals surface area contributed by atoms with Gasteiger partial charge in [-0.2, -0.15) is 0 Å². The minimum absolute atomic E-state index is 0.445.